The number of benzene rings is 4. The van der Waals surface area contributed by atoms with Crippen LogP contribution >= 0.6 is 17.0 Å². The van der Waals surface area contributed by atoms with Gasteiger partial charge in [-0.2, -0.15) is 12.1 Å². The first-order valence-electron chi connectivity index (χ1n) is 17.6. The van der Waals surface area contributed by atoms with Crippen LogP contribution in [0.25, 0.3) is 43.8 Å². The van der Waals surface area contributed by atoms with Gasteiger partial charge in [0.05, 0.1) is 0 Å². The molecular weight excluding hydrogens is 719 g/mol. The van der Waals surface area contributed by atoms with E-state index >= 15 is 0 Å². The summed E-state index contributed by atoms with van der Waals surface area (Å²) >= 11 is -0.826. The van der Waals surface area contributed by atoms with Crippen molar-refractivity contribution in [3.05, 3.63) is 131 Å². The molecule has 0 nitrogen and oxygen atoms in total. The fourth-order valence-electron chi connectivity index (χ4n) is 6.49. The van der Waals surface area contributed by atoms with E-state index in [1.54, 1.807) is 0 Å². The third-order valence-electron chi connectivity index (χ3n) is 8.31. The molecule has 0 atom stereocenters. The molecule has 0 N–H and O–H groups in total. The van der Waals surface area contributed by atoms with E-state index in [-0.39, 0.29) is 0 Å². The Morgan fingerprint density at radius 1 is 0.521 bits per heavy atom. The van der Waals surface area contributed by atoms with E-state index in [2.05, 4.69) is 150 Å². The molecule has 0 heterocycles. The molecule has 4 heteroatoms. The molecule has 0 amide bonds. The first-order chi connectivity index (χ1) is 23.5. The van der Waals surface area contributed by atoms with Crippen LogP contribution in [0, 0.1) is 0 Å². The monoisotopic (exact) mass is 768 g/mol. The molecule has 0 bridgehead atoms. The SMILES string of the molecule is CCCc1cc2c(-c3ccccc3)c(CCC)ccc2[cH-]1.CCCc1cc2c(-c3ccccc3)c(CCC)ccc2[cH-]1.C[Si]C.[Cl][Zr+2][Cl]. The van der Waals surface area contributed by atoms with Crippen LogP contribution in [0.3, 0.4) is 0 Å². The standard InChI is InChI=1S/2C21H23.C2H6Si.2ClH.Zr/c2*1-3-8-16-14-19-13-12-17(9-4-2)21(20(19)15-16)18-10-6-5-7-11-18;1-3-2;;;/h2*5-7,10-15H,3-4,8-9H2,1-2H3;1-2H3;2*1H;/q2*-1;;;;+4/p-2. The Bertz CT molecular complexity index is 1620. The zero-order valence-electron chi connectivity index (χ0n) is 29.8. The van der Waals surface area contributed by atoms with Crippen LogP contribution < -0.4 is 0 Å². The van der Waals surface area contributed by atoms with Gasteiger partial charge in [-0.1, -0.05) is 149 Å². The van der Waals surface area contributed by atoms with Gasteiger partial charge < -0.3 is 0 Å². The molecule has 0 saturated carbocycles. The van der Waals surface area contributed by atoms with Gasteiger partial charge in [-0.25, -0.2) is 0 Å². The molecule has 0 unspecified atom stereocenters. The van der Waals surface area contributed by atoms with Crippen molar-refractivity contribution in [2.45, 2.75) is 92.2 Å². The summed E-state index contributed by atoms with van der Waals surface area (Å²) in [6.45, 7) is 13.3. The van der Waals surface area contributed by atoms with E-state index in [0.717, 1.165) is 22.4 Å². The van der Waals surface area contributed by atoms with Gasteiger partial charge in [0.15, 0.2) is 0 Å². The van der Waals surface area contributed by atoms with Crippen molar-refractivity contribution in [2.24, 2.45) is 0 Å². The predicted molar refractivity (Wildman–Crippen MR) is 215 cm³/mol. The molecule has 0 fully saturated rings. The number of rotatable bonds is 10. The van der Waals surface area contributed by atoms with Crippen molar-refractivity contribution < 1.29 is 20.8 Å². The fraction of sp³-hybridized carbons (Fsp3) is 0.318. The molecule has 2 radical (unpaired) electrons. The van der Waals surface area contributed by atoms with E-state index in [4.69, 9.17) is 17.0 Å². The van der Waals surface area contributed by atoms with E-state index in [9.17, 15) is 0 Å². The molecule has 0 aliphatic rings. The quantitative estimate of drug-likeness (QED) is 0.0961. The summed E-state index contributed by atoms with van der Waals surface area (Å²) < 4.78 is 0. The van der Waals surface area contributed by atoms with Crippen LogP contribution in [0.2, 0.25) is 13.1 Å². The van der Waals surface area contributed by atoms with Gasteiger partial charge in [0.1, 0.15) is 0 Å². The third kappa shape index (κ3) is 11.4. The van der Waals surface area contributed by atoms with Crippen LogP contribution in [0.1, 0.15) is 75.6 Å². The van der Waals surface area contributed by atoms with Gasteiger partial charge in [0.2, 0.25) is 0 Å². The van der Waals surface area contributed by atoms with Crippen LogP contribution in [-0.4, -0.2) is 9.52 Å². The molecule has 6 rings (SSSR count). The minimum absolute atomic E-state index is 0.826. The average molecular weight is 771 g/mol. The number of aryl methyl sites for hydroxylation is 4. The number of fused-ring (bicyclic) bond motifs is 2. The number of hydrogen-bond acceptors (Lipinski definition) is 0. The molecule has 6 aromatic carbocycles. The normalized spacial score (nSPS) is 10.3. The van der Waals surface area contributed by atoms with Gasteiger partial charge >= 0.3 is 37.9 Å². The van der Waals surface area contributed by atoms with E-state index < -0.39 is 20.8 Å². The average Bonchev–Trinajstić information content (AvgIpc) is 3.70. The summed E-state index contributed by atoms with van der Waals surface area (Å²) in [7, 11) is 11.0. The van der Waals surface area contributed by atoms with E-state index in [0.29, 0.717) is 0 Å². The number of halogens is 2. The first-order valence-corrected chi connectivity index (χ1v) is 25.9. The fourth-order valence-corrected chi connectivity index (χ4v) is 6.49. The van der Waals surface area contributed by atoms with Crippen LogP contribution in [0.5, 0.6) is 0 Å². The van der Waals surface area contributed by atoms with Crippen molar-refractivity contribution >= 4 is 48.1 Å². The Hall–Kier alpha value is -2.22. The minimum atomic E-state index is -0.826. The first kappa shape index (κ1) is 40.2. The van der Waals surface area contributed by atoms with Crippen molar-refractivity contribution in [3.8, 4) is 22.3 Å². The van der Waals surface area contributed by atoms with Gasteiger partial charge in [-0.05, 0) is 36.8 Å². The predicted octanol–water partition coefficient (Wildman–Crippen LogP) is 14.4. The molecule has 0 aliphatic carbocycles. The van der Waals surface area contributed by atoms with Gasteiger partial charge in [-0.15, -0.1) is 69.1 Å². The second-order valence-electron chi connectivity index (χ2n) is 12.2. The molecular formula is C44H52Cl2SiZr. The summed E-state index contributed by atoms with van der Waals surface area (Å²) in [6.07, 6.45) is 9.43. The summed E-state index contributed by atoms with van der Waals surface area (Å²) in [6, 6.07) is 40.5. The maximum atomic E-state index is 4.93. The van der Waals surface area contributed by atoms with Crippen LogP contribution in [0.15, 0.2) is 109 Å². The van der Waals surface area contributed by atoms with Crippen molar-refractivity contribution in [3.63, 3.8) is 0 Å². The molecule has 0 spiro atoms. The molecule has 0 aliphatic heterocycles. The van der Waals surface area contributed by atoms with E-state index in [1.165, 1.54) is 105 Å². The van der Waals surface area contributed by atoms with Crippen molar-refractivity contribution in [1.29, 1.82) is 0 Å². The second-order valence-corrected chi connectivity index (χ2v) is 17.0. The summed E-state index contributed by atoms with van der Waals surface area (Å²) in [5, 5.41) is 5.63. The summed E-state index contributed by atoms with van der Waals surface area (Å²) in [5.41, 5.74) is 11.5. The number of hydrogen-bond donors (Lipinski definition) is 0. The summed E-state index contributed by atoms with van der Waals surface area (Å²) in [5.74, 6) is 0. The molecule has 0 saturated heterocycles. The van der Waals surface area contributed by atoms with Gasteiger partial charge in [0.25, 0.3) is 0 Å². The third-order valence-corrected chi connectivity index (χ3v) is 8.31. The Morgan fingerprint density at radius 3 is 1.17 bits per heavy atom. The van der Waals surface area contributed by atoms with Gasteiger partial charge in [0, 0.05) is 9.52 Å². The molecule has 0 aromatic heterocycles. The molecule has 48 heavy (non-hydrogen) atoms. The maximum absolute atomic E-state index is 4.93. The van der Waals surface area contributed by atoms with Crippen molar-refractivity contribution in [1.82, 2.24) is 0 Å². The zero-order chi connectivity index (χ0) is 34.7. The van der Waals surface area contributed by atoms with Gasteiger partial charge in [-0.3, -0.25) is 0 Å². The molecule has 250 valence electrons. The second kappa shape index (κ2) is 22.5. The Kier molecular flexibility index (Phi) is 18.8. The molecule has 6 aromatic rings. The van der Waals surface area contributed by atoms with Crippen molar-refractivity contribution in [2.75, 3.05) is 0 Å². The Labute approximate surface area is 312 Å². The summed E-state index contributed by atoms with van der Waals surface area (Å²) in [4.78, 5) is 0. The van der Waals surface area contributed by atoms with Crippen LogP contribution in [0.4, 0.5) is 0 Å². The Morgan fingerprint density at radius 2 is 0.854 bits per heavy atom. The van der Waals surface area contributed by atoms with E-state index in [1.807, 2.05) is 0 Å². The Balaban J connectivity index is 0.000000224. The zero-order valence-corrected chi connectivity index (χ0v) is 34.8. The van der Waals surface area contributed by atoms with Crippen LogP contribution in [-0.2, 0) is 46.5 Å². The topological polar surface area (TPSA) is 0 Å².